The van der Waals surface area contributed by atoms with Crippen molar-refractivity contribution in [3.8, 4) is 5.88 Å². The molecular formula is C14H14N2O4. The molecule has 0 aliphatic carbocycles. The van der Waals surface area contributed by atoms with Crippen LogP contribution in [0.4, 0.5) is 0 Å². The van der Waals surface area contributed by atoms with Gasteiger partial charge in [0.25, 0.3) is 5.56 Å². The fourth-order valence-electron chi connectivity index (χ4n) is 1.90. The van der Waals surface area contributed by atoms with E-state index in [0.29, 0.717) is 0 Å². The molecule has 0 saturated heterocycles. The van der Waals surface area contributed by atoms with E-state index in [4.69, 9.17) is 0 Å². The Bertz CT molecular complexity index is 744. The highest BCUT2D eigenvalue weighted by atomic mass is 16.3. The summed E-state index contributed by atoms with van der Waals surface area (Å²) in [6.07, 6.45) is 0.0696. The highest BCUT2D eigenvalue weighted by molar-refractivity contribution is 5.97. The van der Waals surface area contributed by atoms with Crippen LogP contribution in [0.2, 0.25) is 0 Å². The number of nitrogens with zero attached hydrogens (tertiary/aromatic N) is 1. The molecule has 1 aromatic heterocycles. The van der Waals surface area contributed by atoms with E-state index in [-0.39, 0.29) is 18.5 Å². The number of carbonyl (C=O) groups excluding carboxylic acids is 1. The third-order valence-corrected chi connectivity index (χ3v) is 2.96. The van der Waals surface area contributed by atoms with Gasteiger partial charge in [-0.05, 0) is 5.56 Å². The van der Waals surface area contributed by atoms with Crippen molar-refractivity contribution in [1.29, 1.82) is 0 Å². The minimum Gasteiger partial charge on any atom is -0.494 e. The lowest BCUT2D eigenvalue weighted by Gasteiger charge is -2.10. The summed E-state index contributed by atoms with van der Waals surface area (Å²) in [7, 11) is 0. The van der Waals surface area contributed by atoms with Crippen LogP contribution in [0.1, 0.15) is 29.3 Å². The maximum Gasteiger partial charge on any atom is 0.331 e. The zero-order valence-electron chi connectivity index (χ0n) is 10.9. The van der Waals surface area contributed by atoms with Crippen LogP contribution in [0.3, 0.4) is 0 Å². The summed E-state index contributed by atoms with van der Waals surface area (Å²) in [5.74, 6) is -1.10. The average molecular weight is 274 g/mol. The molecular weight excluding hydrogens is 260 g/mol. The Balaban J connectivity index is 2.57. The molecule has 0 atom stereocenters. The number of H-pyrrole nitrogens is 1. The molecule has 0 aliphatic heterocycles. The molecule has 0 saturated carbocycles. The molecule has 6 heteroatoms. The zero-order valence-corrected chi connectivity index (χ0v) is 10.9. The SMILES string of the molecule is CCC(=O)c1c(O)n(Cc2ccccc2)c(=O)[nH]c1=O. The number of nitrogens with one attached hydrogen (secondary N) is 1. The maximum absolute atomic E-state index is 11.8. The lowest BCUT2D eigenvalue weighted by atomic mass is 10.1. The van der Waals surface area contributed by atoms with Crippen molar-refractivity contribution in [2.75, 3.05) is 0 Å². The van der Waals surface area contributed by atoms with E-state index < -0.39 is 22.9 Å². The van der Waals surface area contributed by atoms with E-state index in [9.17, 15) is 19.5 Å². The van der Waals surface area contributed by atoms with Gasteiger partial charge in [0.2, 0.25) is 5.88 Å². The molecule has 0 bridgehead atoms. The molecule has 2 aromatic rings. The Morgan fingerprint density at radius 3 is 2.50 bits per heavy atom. The smallest absolute Gasteiger partial charge is 0.331 e. The summed E-state index contributed by atoms with van der Waals surface area (Å²) in [5, 5.41) is 10.0. The van der Waals surface area contributed by atoms with E-state index in [2.05, 4.69) is 4.98 Å². The van der Waals surface area contributed by atoms with Crippen molar-refractivity contribution in [3.05, 3.63) is 62.3 Å². The van der Waals surface area contributed by atoms with Crippen LogP contribution in [0, 0.1) is 0 Å². The Morgan fingerprint density at radius 1 is 1.25 bits per heavy atom. The zero-order chi connectivity index (χ0) is 14.7. The first-order valence-electron chi connectivity index (χ1n) is 6.17. The van der Waals surface area contributed by atoms with Gasteiger partial charge in [-0.1, -0.05) is 37.3 Å². The monoisotopic (exact) mass is 274 g/mol. The van der Waals surface area contributed by atoms with Crippen molar-refractivity contribution in [2.45, 2.75) is 19.9 Å². The van der Waals surface area contributed by atoms with Crippen LogP contribution in [0.5, 0.6) is 5.88 Å². The van der Waals surface area contributed by atoms with Gasteiger partial charge in [0.1, 0.15) is 5.56 Å². The molecule has 1 aromatic carbocycles. The summed E-state index contributed by atoms with van der Waals surface area (Å²) < 4.78 is 0.972. The number of benzene rings is 1. The number of hydrogen-bond acceptors (Lipinski definition) is 4. The molecule has 0 amide bonds. The molecule has 2 rings (SSSR count). The summed E-state index contributed by atoms with van der Waals surface area (Å²) >= 11 is 0. The Kier molecular flexibility index (Phi) is 3.84. The molecule has 6 nitrogen and oxygen atoms in total. The van der Waals surface area contributed by atoms with Gasteiger partial charge in [-0.15, -0.1) is 0 Å². The number of rotatable bonds is 4. The maximum atomic E-state index is 11.8. The topological polar surface area (TPSA) is 92.2 Å². The van der Waals surface area contributed by atoms with Crippen LogP contribution >= 0.6 is 0 Å². The lowest BCUT2D eigenvalue weighted by molar-refractivity contribution is 0.0982. The number of aromatic nitrogens is 2. The Morgan fingerprint density at radius 2 is 1.90 bits per heavy atom. The normalized spacial score (nSPS) is 10.4. The highest BCUT2D eigenvalue weighted by Gasteiger charge is 2.19. The predicted octanol–water partition coefficient (Wildman–Crippen LogP) is 0.883. The Labute approximate surface area is 114 Å². The quantitative estimate of drug-likeness (QED) is 0.810. The van der Waals surface area contributed by atoms with E-state index in [1.165, 1.54) is 0 Å². The third kappa shape index (κ3) is 2.54. The van der Waals surface area contributed by atoms with E-state index in [0.717, 1.165) is 10.1 Å². The first-order chi connectivity index (χ1) is 9.54. The van der Waals surface area contributed by atoms with Gasteiger partial charge in [0.15, 0.2) is 5.78 Å². The average Bonchev–Trinajstić information content (AvgIpc) is 2.44. The molecule has 0 fully saturated rings. The number of aromatic amines is 1. The number of Topliss-reactive ketones (excluding diaryl/α,β-unsaturated/α-hetero) is 1. The highest BCUT2D eigenvalue weighted by Crippen LogP contribution is 2.14. The molecule has 2 N–H and O–H groups in total. The second-order valence-electron chi connectivity index (χ2n) is 4.31. The minimum absolute atomic E-state index is 0.0696. The Hall–Kier alpha value is -2.63. The van der Waals surface area contributed by atoms with Gasteiger partial charge in [-0.25, -0.2) is 4.79 Å². The fraction of sp³-hybridized carbons (Fsp3) is 0.214. The van der Waals surface area contributed by atoms with Gasteiger partial charge >= 0.3 is 5.69 Å². The third-order valence-electron chi connectivity index (χ3n) is 2.96. The van der Waals surface area contributed by atoms with Gasteiger partial charge in [-0.3, -0.25) is 19.1 Å². The van der Waals surface area contributed by atoms with Crippen LogP contribution in [0.15, 0.2) is 39.9 Å². The summed E-state index contributed by atoms with van der Waals surface area (Å²) in [5.41, 5.74) is -1.21. The summed E-state index contributed by atoms with van der Waals surface area (Å²) in [4.78, 5) is 37.1. The number of ketones is 1. The van der Waals surface area contributed by atoms with Crippen molar-refractivity contribution in [3.63, 3.8) is 0 Å². The minimum atomic E-state index is -0.858. The van der Waals surface area contributed by atoms with Crippen molar-refractivity contribution in [2.24, 2.45) is 0 Å². The van der Waals surface area contributed by atoms with Crippen LogP contribution in [-0.2, 0) is 6.54 Å². The largest absolute Gasteiger partial charge is 0.494 e. The van der Waals surface area contributed by atoms with Crippen molar-refractivity contribution < 1.29 is 9.90 Å². The standard InChI is InChI=1S/C14H14N2O4/c1-2-10(17)11-12(18)15-14(20)16(13(11)19)8-9-6-4-3-5-7-9/h3-7,19H,2,8H2,1H3,(H,15,18,20). The fourth-order valence-corrected chi connectivity index (χ4v) is 1.90. The molecule has 20 heavy (non-hydrogen) atoms. The second-order valence-corrected chi connectivity index (χ2v) is 4.31. The van der Waals surface area contributed by atoms with Gasteiger partial charge in [0, 0.05) is 6.42 Å². The first kappa shape index (κ1) is 13.8. The first-order valence-corrected chi connectivity index (χ1v) is 6.17. The summed E-state index contributed by atoms with van der Waals surface area (Å²) in [6.45, 7) is 1.65. The summed E-state index contributed by atoms with van der Waals surface area (Å²) in [6, 6.07) is 8.96. The van der Waals surface area contributed by atoms with Gasteiger partial charge < -0.3 is 5.11 Å². The molecule has 0 unspecified atom stereocenters. The molecule has 0 radical (unpaired) electrons. The van der Waals surface area contributed by atoms with E-state index >= 15 is 0 Å². The van der Waals surface area contributed by atoms with Crippen LogP contribution in [-0.4, -0.2) is 20.4 Å². The van der Waals surface area contributed by atoms with Crippen molar-refractivity contribution >= 4 is 5.78 Å². The van der Waals surface area contributed by atoms with Crippen LogP contribution in [0.25, 0.3) is 0 Å². The van der Waals surface area contributed by atoms with Gasteiger partial charge in [-0.2, -0.15) is 0 Å². The van der Waals surface area contributed by atoms with Gasteiger partial charge in [0.05, 0.1) is 6.54 Å². The molecule has 0 aliphatic rings. The molecule has 104 valence electrons. The number of carbonyl (C=O) groups is 1. The number of aromatic hydroxyl groups is 1. The van der Waals surface area contributed by atoms with E-state index in [1.54, 1.807) is 31.2 Å². The molecule has 1 heterocycles. The lowest BCUT2D eigenvalue weighted by Crippen LogP contribution is -2.34. The number of hydrogen-bond donors (Lipinski definition) is 2. The second kappa shape index (κ2) is 5.56. The predicted molar refractivity (Wildman–Crippen MR) is 73.2 cm³/mol. The van der Waals surface area contributed by atoms with Crippen molar-refractivity contribution in [1.82, 2.24) is 9.55 Å². The van der Waals surface area contributed by atoms with E-state index in [1.807, 2.05) is 6.07 Å². The van der Waals surface area contributed by atoms with Crippen LogP contribution < -0.4 is 11.2 Å². The molecule has 0 spiro atoms.